The normalized spacial score (nSPS) is 15.3. The molecule has 0 spiro atoms. The second kappa shape index (κ2) is 8.43. The van der Waals surface area contributed by atoms with Crippen molar-refractivity contribution in [1.29, 1.82) is 0 Å². The van der Waals surface area contributed by atoms with Crippen LogP contribution in [0.1, 0.15) is 66.1 Å². The summed E-state index contributed by atoms with van der Waals surface area (Å²) in [6.07, 6.45) is 2.88. The Balaban J connectivity index is 1.69. The van der Waals surface area contributed by atoms with Gasteiger partial charge in [-0.1, -0.05) is 44.0 Å². The van der Waals surface area contributed by atoms with Crippen molar-refractivity contribution in [3.8, 4) is 0 Å². The number of hydrogen-bond donors (Lipinski definition) is 3. The summed E-state index contributed by atoms with van der Waals surface area (Å²) in [4.78, 5) is 37.8. The van der Waals surface area contributed by atoms with E-state index in [0.29, 0.717) is 48.2 Å². The van der Waals surface area contributed by atoms with Crippen molar-refractivity contribution in [3.63, 3.8) is 0 Å². The van der Waals surface area contributed by atoms with Gasteiger partial charge >= 0.3 is 5.97 Å². The zero-order valence-corrected chi connectivity index (χ0v) is 18.9. The second-order valence-electron chi connectivity index (χ2n) is 8.47. The highest BCUT2D eigenvalue weighted by molar-refractivity contribution is 6.44. The number of rotatable bonds is 4. The molecule has 1 saturated heterocycles. The summed E-state index contributed by atoms with van der Waals surface area (Å²) in [6, 6.07) is -0.0600. The first-order valence-electron chi connectivity index (χ1n) is 9.69. The van der Waals surface area contributed by atoms with Crippen LogP contribution in [0.15, 0.2) is 6.20 Å². The summed E-state index contributed by atoms with van der Waals surface area (Å²) in [7, 11) is 0. The van der Waals surface area contributed by atoms with Crippen LogP contribution in [0, 0.1) is 6.92 Å². The van der Waals surface area contributed by atoms with Gasteiger partial charge in [-0.25, -0.2) is 14.8 Å². The standard InChI is InChI=1S/C20H25Cl2N5O3/c1-10-13(21)14(22)16(24-10)17(28)25-11-5-7-27(8-6-11)12-9-23-19(20(2,3)4)26-15(12)18(29)30/h9,11,24H,5-8H2,1-4H3,(H,25,28)(H,29,30). The van der Waals surface area contributed by atoms with E-state index in [1.54, 1.807) is 13.1 Å². The number of nitrogens with one attached hydrogen (secondary N) is 2. The number of aryl methyl sites for hydroxylation is 1. The third-order valence-corrected chi connectivity index (χ3v) is 6.04. The van der Waals surface area contributed by atoms with E-state index in [9.17, 15) is 14.7 Å². The monoisotopic (exact) mass is 453 g/mol. The highest BCUT2D eigenvalue weighted by Gasteiger charge is 2.28. The molecule has 0 radical (unpaired) electrons. The van der Waals surface area contributed by atoms with E-state index in [2.05, 4.69) is 20.3 Å². The van der Waals surface area contributed by atoms with Gasteiger partial charge in [0.15, 0.2) is 5.69 Å². The van der Waals surface area contributed by atoms with Gasteiger partial charge in [0.2, 0.25) is 0 Å². The van der Waals surface area contributed by atoms with Gasteiger partial charge in [0.1, 0.15) is 11.5 Å². The van der Waals surface area contributed by atoms with Crippen LogP contribution in [-0.4, -0.2) is 51.1 Å². The predicted octanol–water partition coefficient (Wildman–Crippen LogP) is 3.81. The van der Waals surface area contributed by atoms with E-state index < -0.39 is 5.97 Å². The molecule has 1 aliphatic rings. The molecule has 3 heterocycles. The Morgan fingerprint density at radius 1 is 1.23 bits per heavy atom. The molecule has 0 saturated carbocycles. The summed E-state index contributed by atoms with van der Waals surface area (Å²) in [5.41, 5.74) is 1.04. The topological polar surface area (TPSA) is 111 Å². The molecule has 3 N–H and O–H groups in total. The van der Waals surface area contributed by atoms with Crippen molar-refractivity contribution >= 4 is 40.8 Å². The zero-order chi connectivity index (χ0) is 22.2. The number of aromatic amines is 1. The minimum absolute atomic E-state index is 0.000644. The van der Waals surface area contributed by atoms with Crippen LogP contribution < -0.4 is 10.2 Å². The fourth-order valence-corrected chi connectivity index (χ4v) is 3.79. The minimum atomic E-state index is -1.08. The molecule has 30 heavy (non-hydrogen) atoms. The Kier molecular flexibility index (Phi) is 6.29. The lowest BCUT2D eigenvalue weighted by atomic mass is 9.95. The number of carboxylic acids is 1. The Hall–Kier alpha value is -2.32. The number of hydrogen-bond acceptors (Lipinski definition) is 5. The van der Waals surface area contributed by atoms with Gasteiger partial charge in [-0.05, 0) is 19.8 Å². The lowest BCUT2D eigenvalue weighted by Gasteiger charge is -2.34. The number of anilines is 1. The Morgan fingerprint density at radius 3 is 2.37 bits per heavy atom. The molecule has 1 amide bonds. The van der Waals surface area contributed by atoms with Gasteiger partial charge in [-0.3, -0.25) is 4.79 Å². The maximum atomic E-state index is 12.5. The SMILES string of the molecule is Cc1[nH]c(C(=O)NC2CCN(c3cnc(C(C)(C)C)nc3C(=O)O)CC2)c(Cl)c1Cl. The van der Waals surface area contributed by atoms with Gasteiger partial charge in [0.05, 0.1) is 21.9 Å². The number of halogens is 2. The molecule has 2 aromatic heterocycles. The van der Waals surface area contributed by atoms with Crippen molar-refractivity contribution in [2.45, 2.75) is 52.0 Å². The number of carbonyl (C=O) groups excluding carboxylic acids is 1. The third-order valence-electron chi connectivity index (χ3n) is 5.09. The molecular weight excluding hydrogens is 429 g/mol. The minimum Gasteiger partial charge on any atom is -0.476 e. The molecule has 2 aromatic rings. The predicted molar refractivity (Wildman–Crippen MR) is 116 cm³/mol. The van der Waals surface area contributed by atoms with Gasteiger partial charge in [0.25, 0.3) is 5.91 Å². The van der Waals surface area contributed by atoms with Crippen molar-refractivity contribution in [2.75, 3.05) is 18.0 Å². The maximum absolute atomic E-state index is 12.5. The number of aromatic carboxylic acids is 1. The molecule has 10 heteroatoms. The van der Waals surface area contributed by atoms with Crippen LogP contribution in [0.3, 0.4) is 0 Å². The van der Waals surface area contributed by atoms with E-state index in [1.165, 1.54) is 0 Å². The molecule has 162 valence electrons. The number of piperidine rings is 1. The third kappa shape index (κ3) is 4.54. The number of H-pyrrole nitrogens is 1. The molecule has 0 aromatic carbocycles. The van der Waals surface area contributed by atoms with Gasteiger partial charge in [-0.2, -0.15) is 0 Å². The van der Waals surface area contributed by atoms with Gasteiger partial charge < -0.3 is 20.3 Å². The molecule has 8 nitrogen and oxygen atoms in total. The van der Waals surface area contributed by atoms with Crippen molar-refractivity contribution in [1.82, 2.24) is 20.3 Å². The average Bonchev–Trinajstić information content (AvgIpc) is 2.95. The number of carbonyl (C=O) groups is 2. The highest BCUT2D eigenvalue weighted by atomic mass is 35.5. The number of aromatic nitrogens is 3. The van der Waals surface area contributed by atoms with E-state index in [1.807, 2.05) is 25.7 Å². The molecule has 3 rings (SSSR count). The maximum Gasteiger partial charge on any atom is 0.356 e. The molecule has 0 unspecified atom stereocenters. The van der Waals surface area contributed by atoms with E-state index in [4.69, 9.17) is 23.2 Å². The fourth-order valence-electron chi connectivity index (χ4n) is 3.38. The molecule has 1 aliphatic heterocycles. The van der Waals surface area contributed by atoms with Crippen LogP contribution >= 0.6 is 23.2 Å². The summed E-state index contributed by atoms with van der Waals surface area (Å²) < 4.78 is 0. The second-order valence-corrected chi connectivity index (χ2v) is 9.23. The van der Waals surface area contributed by atoms with Crippen LogP contribution in [0.25, 0.3) is 0 Å². The van der Waals surface area contributed by atoms with E-state index >= 15 is 0 Å². The molecule has 1 fully saturated rings. The molecule has 0 atom stereocenters. The summed E-state index contributed by atoms with van der Waals surface area (Å²) in [5, 5.41) is 13.2. The Labute approximate surface area is 185 Å². The van der Waals surface area contributed by atoms with E-state index in [0.717, 1.165) is 0 Å². The quantitative estimate of drug-likeness (QED) is 0.648. The number of nitrogens with zero attached hydrogens (tertiary/aromatic N) is 3. The van der Waals surface area contributed by atoms with Crippen molar-refractivity contribution < 1.29 is 14.7 Å². The smallest absolute Gasteiger partial charge is 0.356 e. The van der Waals surface area contributed by atoms with Crippen LogP contribution in [0.4, 0.5) is 5.69 Å². The number of carboxylic acid groups (broad SMARTS) is 1. The fraction of sp³-hybridized carbons (Fsp3) is 0.500. The summed E-state index contributed by atoms with van der Waals surface area (Å²) in [5.74, 6) is -0.901. The first kappa shape index (κ1) is 22.4. The first-order valence-corrected chi connectivity index (χ1v) is 10.4. The van der Waals surface area contributed by atoms with Crippen LogP contribution in [-0.2, 0) is 5.41 Å². The van der Waals surface area contributed by atoms with E-state index in [-0.39, 0.29) is 33.8 Å². The van der Waals surface area contributed by atoms with Crippen molar-refractivity contribution in [3.05, 3.63) is 39.1 Å². The molecular formula is C20H25Cl2N5O3. The molecule has 0 bridgehead atoms. The van der Waals surface area contributed by atoms with Crippen LogP contribution in [0.2, 0.25) is 10.0 Å². The summed E-state index contributed by atoms with van der Waals surface area (Å²) >= 11 is 12.2. The van der Waals surface area contributed by atoms with Crippen LogP contribution in [0.5, 0.6) is 0 Å². The first-order chi connectivity index (χ1) is 14.0. The number of amides is 1. The Bertz CT molecular complexity index is 976. The average molecular weight is 454 g/mol. The Morgan fingerprint density at radius 2 is 1.87 bits per heavy atom. The highest BCUT2D eigenvalue weighted by Crippen LogP contribution is 2.30. The lowest BCUT2D eigenvalue weighted by molar-refractivity contribution is 0.0690. The lowest BCUT2D eigenvalue weighted by Crippen LogP contribution is -2.45. The molecule has 0 aliphatic carbocycles. The summed E-state index contributed by atoms with van der Waals surface area (Å²) in [6.45, 7) is 8.70. The zero-order valence-electron chi connectivity index (χ0n) is 17.3. The van der Waals surface area contributed by atoms with Gasteiger partial charge in [0, 0.05) is 30.2 Å². The van der Waals surface area contributed by atoms with Gasteiger partial charge in [-0.15, -0.1) is 0 Å². The van der Waals surface area contributed by atoms with Crippen molar-refractivity contribution in [2.24, 2.45) is 0 Å². The largest absolute Gasteiger partial charge is 0.476 e.